The van der Waals surface area contributed by atoms with Crippen molar-refractivity contribution in [3.8, 4) is 11.1 Å². The van der Waals surface area contributed by atoms with Gasteiger partial charge in [0.25, 0.3) is 5.91 Å². The number of likely N-dealkylation sites (N-methyl/N-ethyl adjacent to an activating group) is 1. The molecule has 1 amide bonds. The first-order valence-electron chi connectivity index (χ1n) is 10.4. The monoisotopic (exact) mass is 395 g/mol. The number of hydroxylamine groups is 2. The van der Waals surface area contributed by atoms with Gasteiger partial charge in [-0.2, -0.15) is 5.06 Å². The van der Waals surface area contributed by atoms with Crippen LogP contribution in [-0.4, -0.2) is 55.7 Å². The van der Waals surface area contributed by atoms with E-state index in [9.17, 15) is 4.79 Å². The summed E-state index contributed by atoms with van der Waals surface area (Å²) in [6.07, 6.45) is 1.09. The third kappa shape index (κ3) is 6.13. The van der Waals surface area contributed by atoms with Gasteiger partial charge in [-0.15, -0.1) is 0 Å². The van der Waals surface area contributed by atoms with Gasteiger partial charge in [-0.1, -0.05) is 44.2 Å². The van der Waals surface area contributed by atoms with Gasteiger partial charge in [0.05, 0.1) is 6.61 Å². The van der Waals surface area contributed by atoms with Crippen molar-refractivity contribution in [1.29, 1.82) is 0 Å². The van der Waals surface area contributed by atoms with Gasteiger partial charge in [-0.25, -0.2) is 0 Å². The van der Waals surface area contributed by atoms with Gasteiger partial charge in [-0.05, 0) is 61.3 Å². The van der Waals surface area contributed by atoms with Gasteiger partial charge in [0, 0.05) is 31.2 Å². The van der Waals surface area contributed by atoms with Crippen molar-refractivity contribution < 1.29 is 9.63 Å². The number of nitrogens with zero attached hydrogens (tertiary/aromatic N) is 2. The summed E-state index contributed by atoms with van der Waals surface area (Å²) in [5.74, 6) is 0.350. The molecule has 0 aromatic heterocycles. The van der Waals surface area contributed by atoms with E-state index in [0.29, 0.717) is 11.5 Å². The van der Waals surface area contributed by atoms with E-state index in [1.54, 1.807) is 0 Å². The third-order valence-electron chi connectivity index (χ3n) is 5.25. The average Bonchev–Trinajstić information content (AvgIpc) is 3.20. The smallest absolute Gasteiger partial charge is 0.251 e. The largest absolute Gasteiger partial charge is 0.348 e. The highest BCUT2D eigenvalue weighted by Gasteiger charge is 2.18. The zero-order valence-corrected chi connectivity index (χ0v) is 18.0. The minimum Gasteiger partial charge on any atom is -0.348 e. The number of carbonyl (C=O) groups is 1. The molecule has 3 rings (SSSR count). The first kappa shape index (κ1) is 21.5. The van der Waals surface area contributed by atoms with Crippen molar-refractivity contribution in [3.63, 3.8) is 0 Å². The second kappa shape index (κ2) is 10.0. The van der Waals surface area contributed by atoms with Gasteiger partial charge >= 0.3 is 0 Å². The normalized spacial score (nSPS) is 15.8. The lowest BCUT2D eigenvalue weighted by molar-refractivity contribution is -0.117. The van der Waals surface area contributed by atoms with Crippen molar-refractivity contribution in [2.45, 2.75) is 32.9 Å². The molecule has 1 aliphatic heterocycles. The maximum Gasteiger partial charge on any atom is 0.251 e. The summed E-state index contributed by atoms with van der Waals surface area (Å²) in [6, 6.07) is 16.5. The average molecular weight is 396 g/mol. The van der Waals surface area contributed by atoms with Crippen LogP contribution in [0.2, 0.25) is 0 Å². The van der Waals surface area contributed by atoms with E-state index in [1.165, 1.54) is 5.56 Å². The Labute approximate surface area is 174 Å². The van der Waals surface area contributed by atoms with Crippen LogP contribution < -0.4 is 5.32 Å². The fraction of sp³-hybridized carbons (Fsp3) is 0.458. The van der Waals surface area contributed by atoms with Crippen molar-refractivity contribution in [2.24, 2.45) is 5.92 Å². The Balaban J connectivity index is 1.74. The first-order chi connectivity index (χ1) is 13.9. The second-order valence-electron chi connectivity index (χ2n) is 8.42. The lowest BCUT2D eigenvalue weighted by Crippen LogP contribution is -2.45. The fourth-order valence-electron chi connectivity index (χ4n) is 3.58. The highest BCUT2D eigenvalue weighted by atomic mass is 16.7. The molecule has 2 aromatic rings. The summed E-state index contributed by atoms with van der Waals surface area (Å²) in [5.41, 5.74) is 4.07. The predicted octanol–water partition coefficient (Wildman–Crippen LogP) is 3.81. The topological polar surface area (TPSA) is 44.8 Å². The summed E-state index contributed by atoms with van der Waals surface area (Å²) >= 11 is 0. The van der Waals surface area contributed by atoms with Crippen molar-refractivity contribution >= 4 is 5.91 Å². The molecule has 0 spiro atoms. The summed E-state index contributed by atoms with van der Waals surface area (Å²) < 4.78 is 0. The highest BCUT2D eigenvalue weighted by Crippen LogP contribution is 2.23. The van der Waals surface area contributed by atoms with E-state index in [1.807, 2.05) is 37.4 Å². The molecule has 2 aromatic carbocycles. The maximum atomic E-state index is 12.9. The molecule has 0 aliphatic carbocycles. The molecule has 0 unspecified atom stereocenters. The molecule has 156 valence electrons. The van der Waals surface area contributed by atoms with Crippen molar-refractivity contribution in [3.05, 3.63) is 59.7 Å². The van der Waals surface area contributed by atoms with Crippen LogP contribution in [0.5, 0.6) is 0 Å². The van der Waals surface area contributed by atoms with E-state index in [0.717, 1.165) is 43.8 Å². The third-order valence-corrected chi connectivity index (χ3v) is 5.25. The van der Waals surface area contributed by atoms with Gasteiger partial charge < -0.3 is 10.2 Å². The molecule has 5 nitrogen and oxygen atoms in total. The highest BCUT2D eigenvalue weighted by molar-refractivity contribution is 5.95. The molecular formula is C24H33N3O2. The van der Waals surface area contributed by atoms with E-state index < -0.39 is 0 Å². The van der Waals surface area contributed by atoms with Crippen LogP contribution in [0.4, 0.5) is 0 Å². The summed E-state index contributed by atoms with van der Waals surface area (Å²) in [4.78, 5) is 20.6. The lowest BCUT2D eigenvalue weighted by atomic mass is 9.99. The number of carbonyl (C=O) groups excluding carboxylic acids is 1. The zero-order valence-electron chi connectivity index (χ0n) is 18.0. The van der Waals surface area contributed by atoms with Crippen LogP contribution in [0.25, 0.3) is 11.1 Å². The molecule has 1 fully saturated rings. The Bertz CT molecular complexity index is 813. The molecule has 0 radical (unpaired) electrons. The molecule has 1 N–H and O–H groups in total. The maximum absolute atomic E-state index is 12.9. The first-order valence-corrected chi connectivity index (χ1v) is 10.4. The zero-order chi connectivity index (χ0) is 20.8. The van der Waals surface area contributed by atoms with E-state index >= 15 is 0 Å². The molecule has 1 saturated heterocycles. The molecule has 1 atom stereocenters. The molecule has 5 heteroatoms. The Morgan fingerprint density at radius 2 is 1.86 bits per heavy atom. The number of nitrogens with one attached hydrogen (secondary N) is 1. The Kier molecular flexibility index (Phi) is 7.42. The predicted molar refractivity (Wildman–Crippen MR) is 118 cm³/mol. The Morgan fingerprint density at radius 3 is 2.52 bits per heavy atom. The van der Waals surface area contributed by atoms with Crippen molar-refractivity contribution in [2.75, 3.05) is 33.8 Å². The molecule has 1 aliphatic rings. The van der Waals surface area contributed by atoms with Crippen LogP contribution >= 0.6 is 0 Å². The van der Waals surface area contributed by atoms with Gasteiger partial charge in [0.15, 0.2) is 0 Å². The lowest BCUT2D eigenvalue weighted by Gasteiger charge is -2.25. The standard InChI is InChI=1S/C24H33N3O2/c1-18(2)23(17-26(3)4)25-24(28)22-11-6-10-21(15-22)20-9-5-8-19(14-20)16-27-12-7-13-29-27/h5-6,8-11,14-15,18,23H,7,12-13,16-17H2,1-4H3,(H,25,28)/t23-/m0/s1. The number of benzene rings is 2. The molecule has 1 heterocycles. The summed E-state index contributed by atoms with van der Waals surface area (Å²) in [6.45, 7) is 7.67. The number of amides is 1. The van der Waals surface area contributed by atoms with Gasteiger partial charge in [0.1, 0.15) is 0 Å². The van der Waals surface area contributed by atoms with E-state index in [2.05, 4.69) is 54.4 Å². The van der Waals surface area contributed by atoms with Crippen LogP contribution in [0.1, 0.15) is 36.2 Å². The fourth-order valence-corrected chi connectivity index (χ4v) is 3.58. The summed E-state index contributed by atoms with van der Waals surface area (Å²) in [7, 11) is 4.06. The molecular weight excluding hydrogens is 362 g/mol. The second-order valence-corrected chi connectivity index (χ2v) is 8.42. The van der Waals surface area contributed by atoms with E-state index in [-0.39, 0.29) is 11.9 Å². The van der Waals surface area contributed by atoms with Crippen molar-refractivity contribution in [1.82, 2.24) is 15.3 Å². The Hall–Kier alpha value is -2.21. The van der Waals surface area contributed by atoms with Gasteiger partial charge in [0.2, 0.25) is 0 Å². The quantitative estimate of drug-likeness (QED) is 0.738. The number of rotatable bonds is 8. The van der Waals surface area contributed by atoms with Gasteiger partial charge in [-0.3, -0.25) is 9.63 Å². The van der Waals surface area contributed by atoms with Crippen LogP contribution in [0.3, 0.4) is 0 Å². The van der Waals surface area contributed by atoms with E-state index in [4.69, 9.17) is 4.84 Å². The minimum absolute atomic E-state index is 0.0194. The molecule has 0 bridgehead atoms. The number of hydrogen-bond acceptors (Lipinski definition) is 4. The van der Waals surface area contributed by atoms with Crippen LogP contribution in [-0.2, 0) is 11.4 Å². The van der Waals surface area contributed by atoms with Crippen LogP contribution in [0.15, 0.2) is 48.5 Å². The summed E-state index contributed by atoms with van der Waals surface area (Å²) in [5, 5.41) is 5.21. The molecule has 0 saturated carbocycles. The molecule has 29 heavy (non-hydrogen) atoms. The minimum atomic E-state index is -0.0194. The SMILES string of the molecule is CC(C)[C@H](CN(C)C)NC(=O)c1cccc(-c2cccc(CN3CCCO3)c2)c1. The van der Waals surface area contributed by atoms with Crippen LogP contribution in [0, 0.1) is 5.92 Å². The number of hydrogen-bond donors (Lipinski definition) is 1. The Morgan fingerprint density at radius 1 is 1.14 bits per heavy atom.